The maximum Gasteiger partial charge on any atom is 0.269 e. The molecule has 0 radical (unpaired) electrons. The van der Waals surface area contributed by atoms with Crippen LogP contribution in [0.1, 0.15) is 6.92 Å². The summed E-state index contributed by atoms with van der Waals surface area (Å²) in [6.07, 6.45) is -0.626. The van der Waals surface area contributed by atoms with Crippen LogP contribution in [0.2, 0.25) is 0 Å². The van der Waals surface area contributed by atoms with Crippen LogP contribution in [0, 0.1) is 10.1 Å². The molecular formula is C16H23N3O5S. The van der Waals surface area contributed by atoms with E-state index >= 15 is 0 Å². The number of nitro benzene ring substituents is 1. The van der Waals surface area contributed by atoms with E-state index in [0.29, 0.717) is 19.8 Å². The van der Waals surface area contributed by atoms with Crippen LogP contribution < -0.4 is 5.32 Å². The molecule has 1 aliphatic heterocycles. The van der Waals surface area contributed by atoms with Crippen LogP contribution in [0.5, 0.6) is 0 Å². The summed E-state index contributed by atoms with van der Waals surface area (Å²) in [6.45, 7) is 5.38. The molecule has 0 aliphatic carbocycles. The number of aliphatic hydroxyl groups is 1. The minimum atomic E-state index is -0.626. The molecule has 2 rings (SSSR count). The van der Waals surface area contributed by atoms with Crippen LogP contribution >= 0.6 is 11.8 Å². The maximum absolute atomic E-state index is 12.1. The fourth-order valence-electron chi connectivity index (χ4n) is 2.41. The van der Waals surface area contributed by atoms with Crippen molar-refractivity contribution >= 4 is 23.4 Å². The summed E-state index contributed by atoms with van der Waals surface area (Å²) in [6, 6.07) is 6.08. The molecule has 0 spiro atoms. The highest BCUT2D eigenvalue weighted by Crippen LogP contribution is 2.25. The maximum atomic E-state index is 12.1. The second kappa shape index (κ2) is 9.71. The first-order valence-electron chi connectivity index (χ1n) is 8.12. The van der Waals surface area contributed by atoms with Crippen molar-refractivity contribution in [1.82, 2.24) is 10.2 Å². The molecule has 1 fully saturated rings. The number of rotatable bonds is 8. The summed E-state index contributed by atoms with van der Waals surface area (Å²) in [4.78, 5) is 25.2. The van der Waals surface area contributed by atoms with Gasteiger partial charge in [-0.3, -0.25) is 19.8 Å². The smallest absolute Gasteiger partial charge is 0.269 e. The Hall–Kier alpha value is -1.68. The molecule has 1 amide bonds. The van der Waals surface area contributed by atoms with Crippen molar-refractivity contribution in [1.29, 1.82) is 0 Å². The van der Waals surface area contributed by atoms with Gasteiger partial charge in [-0.05, 0) is 19.1 Å². The minimum absolute atomic E-state index is 0.0210. The first kappa shape index (κ1) is 19.6. The molecule has 1 aromatic carbocycles. The van der Waals surface area contributed by atoms with Gasteiger partial charge in [0.05, 0.1) is 29.5 Å². The zero-order chi connectivity index (χ0) is 18.2. The number of nitro groups is 1. The Morgan fingerprint density at radius 1 is 1.40 bits per heavy atom. The van der Waals surface area contributed by atoms with Crippen LogP contribution in [0.25, 0.3) is 0 Å². The lowest BCUT2D eigenvalue weighted by molar-refractivity contribution is -0.384. The molecule has 2 atom stereocenters. The molecule has 138 valence electrons. The molecule has 25 heavy (non-hydrogen) atoms. The molecule has 1 heterocycles. The number of thioether (sulfide) groups is 1. The third-order valence-corrected chi connectivity index (χ3v) is 4.93. The summed E-state index contributed by atoms with van der Waals surface area (Å²) in [7, 11) is 0. The van der Waals surface area contributed by atoms with Gasteiger partial charge in [0, 0.05) is 43.2 Å². The number of morpholine rings is 1. The zero-order valence-corrected chi connectivity index (χ0v) is 14.9. The molecule has 1 saturated heterocycles. The van der Waals surface area contributed by atoms with E-state index in [0.717, 1.165) is 18.0 Å². The number of aliphatic hydroxyl groups excluding tert-OH is 1. The third-order valence-electron chi connectivity index (χ3n) is 3.81. The topological polar surface area (TPSA) is 105 Å². The molecule has 2 N–H and O–H groups in total. The van der Waals surface area contributed by atoms with Gasteiger partial charge in [0.1, 0.15) is 0 Å². The van der Waals surface area contributed by atoms with Crippen molar-refractivity contribution in [3.05, 3.63) is 34.4 Å². The van der Waals surface area contributed by atoms with E-state index in [1.54, 1.807) is 19.1 Å². The fraction of sp³-hybridized carbons (Fsp3) is 0.562. The Balaban J connectivity index is 1.72. The molecule has 8 nitrogen and oxygen atoms in total. The lowest BCUT2D eigenvalue weighted by atomic mass is 10.3. The number of benzene rings is 1. The van der Waals surface area contributed by atoms with E-state index in [1.165, 1.54) is 23.9 Å². The number of hydrogen-bond acceptors (Lipinski definition) is 7. The Kier molecular flexibility index (Phi) is 7.63. The standard InChI is InChI=1S/C16H23N3O5S/c1-12(25-15-4-2-13(3-5-15)19(22)23)16(21)17-10-14(20)11-18-6-8-24-9-7-18/h2-5,12,14,20H,6-11H2,1H3,(H,17,21)/t12-,14-/m0/s1. The van der Waals surface area contributed by atoms with Crippen LogP contribution in [-0.4, -0.2) is 71.6 Å². The summed E-state index contributed by atoms with van der Waals surface area (Å²) < 4.78 is 5.25. The SMILES string of the molecule is C[C@H](Sc1ccc([N+](=O)[O-])cc1)C(=O)NC[C@H](O)CN1CCOCC1. The molecule has 0 saturated carbocycles. The molecule has 0 unspecified atom stereocenters. The van der Waals surface area contributed by atoms with Gasteiger partial charge in [0.25, 0.3) is 5.69 Å². The monoisotopic (exact) mass is 369 g/mol. The number of non-ortho nitro benzene ring substituents is 1. The summed E-state index contributed by atoms with van der Waals surface area (Å²) in [5, 5.41) is 23.1. The van der Waals surface area contributed by atoms with E-state index in [-0.39, 0.29) is 23.4 Å². The lowest BCUT2D eigenvalue weighted by Crippen LogP contribution is -2.45. The van der Waals surface area contributed by atoms with Gasteiger partial charge >= 0.3 is 0 Å². The lowest BCUT2D eigenvalue weighted by Gasteiger charge is -2.28. The molecule has 1 aromatic rings. The number of hydrogen-bond donors (Lipinski definition) is 2. The van der Waals surface area contributed by atoms with Gasteiger partial charge < -0.3 is 15.2 Å². The van der Waals surface area contributed by atoms with E-state index in [2.05, 4.69) is 10.2 Å². The number of nitrogens with one attached hydrogen (secondary N) is 1. The van der Waals surface area contributed by atoms with Crippen LogP contribution in [-0.2, 0) is 9.53 Å². The van der Waals surface area contributed by atoms with Crippen molar-refractivity contribution in [2.75, 3.05) is 39.4 Å². The van der Waals surface area contributed by atoms with Crippen molar-refractivity contribution in [2.24, 2.45) is 0 Å². The second-order valence-corrected chi connectivity index (χ2v) is 7.24. The highest BCUT2D eigenvalue weighted by Gasteiger charge is 2.18. The molecule has 9 heteroatoms. The van der Waals surface area contributed by atoms with E-state index < -0.39 is 11.0 Å². The number of ether oxygens (including phenoxy) is 1. The summed E-state index contributed by atoms with van der Waals surface area (Å²) >= 11 is 1.32. The number of carbonyl (C=O) groups excluding carboxylic acids is 1. The molecule has 0 bridgehead atoms. The number of nitrogens with zero attached hydrogens (tertiary/aromatic N) is 2. The first-order valence-corrected chi connectivity index (χ1v) is 9.00. The van der Waals surface area contributed by atoms with Gasteiger partial charge in [-0.15, -0.1) is 11.8 Å². The number of amides is 1. The largest absolute Gasteiger partial charge is 0.390 e. The van der Waals surface area contributed by atoms with E-state index in [9.17, 15) is 20.0 Å². The third kappa shape index (κ3) is 6.62. The van der Waals surface area contributed by atoms with E-state index in [4.69, 9.17) is 4.74 Å². The van der Waals surface area contributed by atoms with Gasteiger partial charge in [0.15, 0.2) is 0 Å². The fourth-order valence-corrected chi connectivity index (χ4v) is 3.30. The van der Waals surface area contributed by atoms with Crippen molar-refractivity contribution < 1.29 is 19.6 Å². The van der Waals surface area contributed by atoms with Crippen LogP contribution in [0.4, 0.5) is 5.69 Å². The first-order chi connectivity index (χ1) is 12.0. The average Bonchev–Trinajstić information content (AvgIpc) is 2.61. The minimum Gasteiger partial charge on any atom is -0.390 e. The predicted molar refractivity (Wildman–Crippen MR) is 94.7 cm³/mol. The Morgan fingerprint density at radius 3 is 2.64 bits per heavy atom. The van der Waals surface area contributed by atoms with Gasteiger partial charge in [0.2, 0.25) is 5.91 Å². The average molecular weight is 369 g/mol. The van der Waals surface area contributed by atoms with Gasteiger partial charge in [-0.1, -0.05) is 0 Å². The normalized spacial score (nSPS) is 17.7. The van der Waals surface area contributed by atoms with Crippen molar-refractivity contribution in [3.8, 4) is 0 Å². The number of β-amino-alcohol motifs (C(OH)–C–C–N with tert-alkyl or cyclic N) is 1. The second-order valence-electron chi connectivity index (χ2n) is 5.82. The Bertz CT molecular complexity index is 578. The van der Waals surface area contributed by atoms with Crippen LogP contribution in [0.3, 0.4) is 0 Å². The predicted octanol–water partition coefficient (Wildman–Crippen LogP) is 0.885. The van der Waals surface area contributed by atoms with Crippen molar-refractivity contribution in [3.63, 3.8) is 0 Å². The Labute approximate surface area is 150 Å². The quantitative estimate of drug-likeness (QED) is 0.398. The highest BCUT2D eigenvalue weighted by molar-refractivity contribution is 8.00. The highest BCUT2D eigenvalue weighted by atomic mass is 32.2. The van der Waals surface area contributed by atoms with Crippen molar-refractivity contribution in [2.45, 2.75) is 23.2 Å². The number of carbonyl (C=O) groups is 1. The van der Waals surface area contributed by atoms with E-state index in [1.807, 2.05) is 0 Å². The molecule has 1 aliphatic rings. The van der Waals surface area contributed by atoms with Gasteiger partial charge in [-0.25, -0.2) is 0 Å². The molecular weight excluding hydrogens is 346 g/mol. The van der Waals surface area contributed by atoms with Crippen LogP contribution in [0.15, 0.2) is 29.2 Å². The zero-order valence-electron chi connectivity index (χ0n) is 14.1. The summed E-state index contributed by atoms with van der Waals surface area (Å²) in [5.41, 5.74) is 0.0210. The van der Waals surface area contributed by atoms with Gasteiger partial charge in [-0.2, -0.15) is 0 Å². The molecule has 0 aromatic heterocycles. The Morgan fingerprint density at radius 2 is 2.04 bits per heavy atom. The summed E-state index contributed by atoms with van der Waals surface area (Å²) in [5.74, 6) is -0.176.